The SMILES string of the molecule is C[C@]12CCC3C(CC[C@H]4Cc5occc5C[C@]34C)C1CC[C@@H]2O. The lowest BCUT2D eigenvalue weighted by Crippen LogP contribution is -2.54. The molecule has 7 atom stereocenters. The van der Waals surface area contributed by atoms with Crippen molar-refractivity contribution >= 4 is 0 Å². The van der Waals surface area contributed by atoms with Gasteiger partial charge in [-0.2, -0.15) is 0 Å². The summed E-state index contributed by atoms with van der Waals surface area (Å²) in [5.74, 6) is 4.54. The zero-order chi connectivity index (χ0) is 15.8. The molecule has 2 heteroatoms. The molecule has 1 heterocycles. The molecule has 1 aromatic rings. The normalized spacial score (nSPS) is 51.5. The van der Waals surface area contributed by atoms with Crippen molar-refractivity contribution in [2.45, 2.75) is 71.3 Å². The molecule has 0 aromatic carbocycles. The maximum atomic E-state index is 10.6. The molecule has 1 aromatic heterocycles. The Hall–Kier alpha value is -0.760. The van der Waals surface area contributed by atoms with Gasteiger partial charge in [0.1, 0.15) is 5.76 Å². The molecule has 4 aliphatic rings. The van der Waals surface area contributed by atoms with Gasteiger partial charge in [0.25, 0.3) is 0 Å². The molecular formula is C21H30O2. The molecule has 0 saturated heterocycles. The van der Waals surface area contributed by atoms with Gasteiger partial charge in [-0.15, -0.1) is 0 Å². The third kappa shape index (κ3) is 1.79. The van der Waals surface area contributed by atoms with Crippen LogP contribution in [-0.4, -0.2) is 11.2 Å². The van der Waals surface area contributed by atoms with Crippen molar-refractivity contribution in [3.8, 4) is 0 Å². The van der Waals surface area contributed by atoms with Crippen LogP contribution in [0.2, 0.25) is 0 Å². The highest BCUT2D eigenvalue weighted by molar-refractivity contribution is 5.26. The third-order valence-electron chi connectivity index (χ3n) is 8.86. The highest BCUT2D eigenvalue weighted by atomic mass is 16.3. The Morgan fingerprint density at radius 3 is 2.74 bits per heavy atom. The number of aliphatic hydroxyl groups is 1. The van der Waals surface area contributed by atoms with Crippen molar-refractivity contribution in [3.05, 3.63) is 23.7 Å². The Bertz CT molecular complexity index is 619. The monoisotopic (exact) mass is 314 g/mol. The largest absolute Gasteiger partial charge is 0.469 e. The minimum Gasteiger partial charge on any atom is -0.469 e. The summed E-state index contributed by atoms with van der Waals surface area (Å²) in [6.45, 7) is 4.97. The maximum Gasteiger partial charge on any atom is 0.107 e. The van der Waals surface area contributed by atoms with Crippen molar-refractivity contribution in [3.63, 3.8) is 0 Å². The molecule has 23 heavy (non-hydrogen) atoms. The summed E-state index contributed by atoms with van der Waals surface area (Å²) in [7, 11) is 0. The Morgan fingerprint density at radius 2 is 1.87 bits per heavy atom. The van der Waals surface area contributed by atoms with Crippen molar-refractivity contribution < 1.29 is 9.52 Å². The fourth-order valence-corrected chi connectivity index (χ4v) is 7.46. The van der Waals surface area contributed by atoms with Crippen LogP contribution in [0.15, 0.2) is 16.7 Å². The summed E-state index contributed by atoms with van der Waals surface area (Å²) in [6.07, 6.45) is 11.8. The second-order valence-corrected chi connectivity index (χ2v) is 9.54. The van der Waals surface area contributed by atoms with Crippen LogP contribution in [0.3, 0.4) is 0 Å². The molecule has 0 spiro atoms. The van der Waals surface area contributed by atoms with Gasteiger partial charge in [-0.3, -0.25) is 0 Å². The van der Waals surface area contributed by atoms with Crippen LogP contribution in [0, 0.1) is 34.5 Å². The predicted molar refractivity (Wildman–Crippen MR) is 90.0 cm³/mol. The van der Waals surface area contributed by atoms with Crippen molar-refractivity contribution in [1.82, 2.24) is 0 Å². The topological polar surface area (TPSA) is 33.4 Å². The highest BCUT2D eigenvalue weighted by Crippen LogP contribution is 2.65. The lowest BCUT2D eigenvalue weighted by atomic mass is 9.45. The minimum absolute atomic E-state index is 0.0502. The van der Waals surface area contributed by atoms with Crippen molar-refractivity contribution in [2.24, 2.45) is 34.5 Å². The van der Waals surface area contributed by atoms with Gasteiger partial charge in [0.2, 0.25) is 0 Å². The van der Waals surface area contributed by atoms with E-state index in [0.717, 1.165) is 36.5 Å². The van der Waals surface area contributed by atoms with Crippen molar-refractivity contribution in [1.29, 1.82) is 0 Å². The molecule has 3 unspecified atom stereocenters. The van der Waals surface area contributed by atoms with E-state index in [1.807, 2.05) is 6.26 Å². The van der Waals surface area contributed by atoms with Gasteiger partial charge in [0.05, 0.1) is 12.4 Å². The fourth-order valence-electron chi connectivity index (χ4n) is 7.46. The van der Waals surface area contributed by atoms with Crippen LogP contribution < -0.4 is 0 Å². The average molecular weight is 314 g/mol. The quantitative estimate of drug-likeness (QED) is 0.759. The molecule has 0 radical (unpaired) electrons. The van der Waals surface area contributed by atoms with Gasteiger partial charge in [0.15, 0.2) is 0 Å². The van der Waals surface area contributed by atoms with E-state index >= 15 is 0 Å². The van der Waals surface area contributed by atoms with Crippen LogP contribution in [0.5, 0.6) is 0 Å². The highest BCUT2D eigenvalue weighted by Gasteiger charge is 2.60. The van der Waals surface area contributed by atoms with E-state index in [1.54, 1.807) is 0 Å². The molecule has 3 fully saturated rings. The van der Waals surface area contributed by atoms with E-state index in [0.29, 0.717) is 5.41 Å². The van der Waals surface area contributed by atoms with Crippen molar-refractivity contribution in [2.75, 3.05) is 0 Å². The first-order valence-corrected chi connectivity index (χ1v) is 9.76. The molecular weight excluding hydrogens is 284 g/mol. The summed E-state index contributed by atoms with van der Waals surface area (Å²) in [6, 6.07) is 2.21. The Balaban J connectivity index is 1.50. The second kappa shape index (κ2) is 4.65. The first kappa shape index (κ1) is 14.6. The van der Waals surface area contributed by atoms with E-state index in [2.05, 4.69) is 19.9 Å². The van der Waals surface area contributed by atoms with Gasteiger partial charge in [-0.05, 0) is 91.1 Å². The second-order valence-electron chi connectivity index (χ2n) is 9.54. The molecule has 126 valence electrons. The summed E-state index contributed by atoms with van der Waals surface area (Å²) >= 11 is 0. The van der Waals surface area contributed by atoms with Crippen LogP contribution >= 0.6 is 0 Å². The third-order valence-corrected chi connectivity index (χ3v) is 8.86. The Kier molecular flexibility index (Phi) is 2.95. The number of hydrogen-bond donors (Lipinski definition) is 1. The molecule has 0 bridgehead atoms. The van der Waals surface area contributed by atoms with Crippen LogP contribution in [0.25, 0.3) is 0 Å². The van der Waals surface area contributed by atoms with E-state index in [4.69, 9.17) is 4.42 Å². The van der Waals surface area contributed by atoms with E-state index in [-0.39, 0.29) is 11.5 Å². The first-order valence-electron chi connectivity index (χ1n) is 9.76. The number of hydrogen-bond acceptors (Lipinski definition) is 2. The first-order chi connectivity index (χ1) is 11.0. The van der Waals surface area contributed by atoms with E-state index in [1.165, 1.54) is 49.8 Å². The Labute approximate surface area is 139 Å². The predicted octanol–water partition coefficient (Wildman–Crippen LogP) is 4.60. The molecule has 1 N–H and O–H groups in total. The van der Waals surface area contributed by atoms with Gasteiger partial charge in [-0.1, -0.05) is 13.8 Å². The van der Waals surface area contributed by atoms with Crippen LogP contribution in [-0.2, 0) is 12.8 Å². The van der Waals surface area contributed by atoms with Crippen LogP contribution in [0.1, 0.15) is 63.7 Å². The number of fused-ring (bicyclic) bond motifs is 6. The van der Waals surface area contributed by atoms with Gasteiger partial charge in [-0.25, -0.2) is 0 Å². The summed E-state index contributed by atoms with van der Waals surface area (Å²) in [5, 5.41) is 10.6. The Morgan fingerprint density at radius 1 is 1.04 bits per heavy atom. The molecule has 2 nitrogen and oxygen atoms in total. The smallest absolute Gasteiger partial charge is 0.107 e. The summed E-state index contributed by atoms with van der Waals surface area (Å²) in [5.41, 5.74) is 2.14. The fraction of sp³-hybridized carbons (Fsp3) is 0.810. The minimum atomic E-state index is -0.0502. The molecule has 5 rings (SSSR count). The van der Waals surface area contributed by atoms with E-state index < -0.39 is 0 Å². The molecule has 4 aliphatic carbocycles. The van der Waals surface area contributed by atoms with Gasteiger partial charge < -0.3 is 9.52 Å². The lowest BCUT2D eigenvalue weighted by molar-refractivity contribution is -0.112. The molecule has 3 saturated carbocycles. The number of aliphatic hydroxyl groups excluding tert-OH is 1. The number of rotatable bonds is 0. The average Bonchev–Trinajstić information content (AvgIpc) is 3.08. The zero-order valence-electron chi connectivity index (χ0n) is 14.6. The number of furan rings is 1. The molecule has 0 aliphatic heterocycles. The summed E-state index contributed by atoms with van der Waals surface area (Å²) in [4.78, 5) is 0. The maximum absolute atomic E-state index is 10.6. The van der Waals surface area contributed by atoms with Gasteiger partial charge >= 0.3 is 0 Å². The molecule has 0 amide bonds. The summed E-state index contributed by atoms with van der Waals surface area (Å²) < 4.78 is 5.75. The standard InChI is InChI=1S/C21H30O2/c1-20-9-7-17-15(16(20)5-6-19(20)22)4-3-14-11-18-13(8-10-23-18)12-21(14,17)2/h8,10,14-17,19,22H,3-7,9,11-12H2,1-2H3/t14-,15?,16?,17?,19-,20-,21-/m0/s1. The zero-order valence-corrected chi connectivity index (χ0v) is 14.6. The lowest BCUT2D eigenvalue weighted by Gasteiger charge is -2.59. The van der Waals surface area contributed by atoms with Crippen LogP contribution in [0.4, 0.5) is 0 Å². The van der Waals surface area contributed by atoms with E-state index in [9.17, 15) is 5.11 Å². The van der Waals surface area contributed by atoms with Gasteiger partial charge in [0, 0.05) is 6.42 Å².